The lowest BCUT2D eigenvalue weighted by atomic mass is 10.1. The van der Waals surface area contributed by atoms with Crippen molar-refractivity contribution in [3.05, 3.63) is 66.2 Å². The van der Waals surface area contributed by atoms with Gasteiger partial charge in [-0.3, -0.25) is 0 Å². The van der Waals surface area contributed by atoms with Crippen LogP contribution in [0, 0.1) is 11.3 Å². The van der Waals surface area contributed by atoms with Gasteiger partial charge < -0.3 is 5.32 Å². The van der Waals surface area contributed by atoms with Crippen molar-refractivity contribution in [2.75, 3.05) is 5.32 Å². The van der Waals surface area contributed by atoms with Crippen molar-refractivity contribution in [3.63, 3.8) is 0 Å². The van der Waals surface area contributed by atoms with Crippen LogP contribution in [0.1, 0.15) is 5.56 Å². The molecule has 0 bridgehead atoms. The Balaban J connectivity index is 2.27. The topological polar surface area (TPSA) is 35.8 Å². The average molecular weight is 220 g/mol. The minimum Gasteiger partial charge on any atom is -0.355 e. The van der Waals surface area contributed by atoms with E-state index in [-0.39, 0.29) is 0 Å². The molecule has 17 heavy (non-hydrogen) atoms. The maximum atomic E-state index is 8.55. The van der Waals surface area contributed by atoms with Crippen LogP contribution in [0.2, 0.25) is 0 Å². The van der Waals surface area contributed by atoms with Crippen LogP contribution < -0.4 is 5.32 Å². The molecule has 0 spiro atoms. The molecule has 0 aliphatic rings. The number of benzene rings is 2. The molecule has 0 aliphatic heterocycles. The Labute approximate surface area is 101 Å². The largest absolute Gasteiger partial charge is 0.355 e. The van der Waals surface area contributed by atoms with Crippen molar-refractivity contribution in [2.45, 2.75) is 0 Å². The minimum absolute atomic E-state index is 0.991. The first kappa shape index (κ1) is 11.0. The highest BCUT2D eigenvalue weighted by atomic mass is 14.9. The molecule has 2 aromatic rings. The number of anilines is 2. The Morgan fingerprint density at radius 2 is 1.65 bits per heavy atom. The summed E-state index contributed by atoms with van der Waals surface area (Å²) in [6.07, 6.45) is 3.27. The summed E-state index contributed by atoms with van der Waals surface area (Å²) in [6, 6.07) is 19.8. The second-order valence-corrected chi connectivity index (χ2v) is 3.54. The van der Waals surface area contributed by atoms with Crippen LogP contribution in [0.25, 0.3) is 6.08 Å². The number of para-hydroxylation sites is 2. The second-order valence-electron chi connectivity index (χ2n) is 3.54. The van der Waals surface area contributed by atoms with E-state index in [1.54, 1.807) is 6.08 Å². The van der Waals surface area contributed by atoms with Crippen molar-refractivity contribution in [2.24, 2.45) is 0 Å². The van der Waals surface area contributed by atoms with E-state index in [0.29, 0.717) is 0 Å². The molecule has 2 heteroatoms. The minimum atomic E-state index is 0.991. The second kappa shape index (κ2) is 5.53. The molecule has 0 amide bonds. The molecule has 0 aliphatic carbocycles. The van der Waals surface area contributed by atoms with Gasteiger partial charge in [-0.25, -0.2) is 0 Å². The van der Waals surface area contributed by atoms with Gasteiger partial charge in [-0.2, -0.15) is 5.26 Å². The zero-order chi connectivity index (χ0) is 11.9. The third-order valence-corrected chi connectivity index (χ3v) is 2.35. The molecule has 0 aromatic heterocycles. The average Bonchev–Trinajstić information content (AvgIpc) is 2.39. The van der Waals surface area contributed by atoms with Gasteiger partial charge in [-0.1, -0.05) is 36.4 Å². The third-order valence-electron chi connectivity index (χ3n) is 2.35. The van der Waals surface area contributed by atoms with Gasteiger partial charge >= 0.3 is 0 Å². The first-order chi connectivity index (χ1) is 8.40. The lowest BCUT2D eigenvalue weighted by molar-refractivity contribution is 1.52. The summed E-state index contributed by atoms with van der Waals surface area (Å²) in [6.45, 7) is 0. The van der Waals surface area contributed by atoms with Gasteiger partial charge in [0, 0.05) is 17.5 Å². The van der Waals surface area contributed by atoms with Crippen LogP contribution in [-0.4, -0.2) is 0 Å². The smallest absolute Gasteiger partial charge is 0.0912 e. The van der Waals surface area contributed by atoms with Crippen molar-refractivity contribution >= 4 is 17.5 Å². The quantitative estimate of drug-likeness (QED) is 0.794. The van der Waals surface area contributed by atoms with Crippen LogP contribution in [0.15, 0.2) is 60.7 Å². The standard InChI is InChI=1S/C15H12N2/c16-12-6-8-13-7-4-5-11-15(13)17-14-9-2-1-3-10-14/h1-11,17H. The third kappa shape index (κ3) is 2.96. The summed E-state index contributed by atoms with van der Waals surface area (Å²) >= 11 is 0. The number of hydrogen-bond acceptors (Lipinski definition) is 2. The highest BCUT2D eigenvalue weighted by Crippen LogP contribution is 2.21. The van der Waals surface area contributed by atoms with E-state index < -0.39 is 0 Å². The van der Waals surface area contributed by atoms with E-state index >= 15 is 0 Å². The number of rotatable bonds is 3. The SMILES string of the molecule is N#CC=Cc1ccccc1Nc1ccccc1. The van der Waals surface area contributed by atoms with Gasteiger partial charge in [0.2, 0.25) is 0 Å². The van der Waals surface area contributed by atoms with Gasteiger partial charge in [0.25, 0.3) is 0 Å². The van der Waals surface area contributed by atoms with Gasteiger partial charge in [-0.05, 0) is 29.8 Å². The Hall–Kier alpha value is -2.53. The molecule has 0 heterocycles. The molecule has 0 radical (unpaired) electrons. The van der Waals surface area contributed by atoms with Gasteiger partial charge in [0.15, 0.2) is 0 Å². The van der Waals surface area contributed by atoms with Crippen molar-refractivity contribution in [1.82, 2.24) is 0 Å². The summed E-state index contributed by atoms with van der Waals surface area (Å²) in [5.74, 6) is 0. The number of nitrogens with zero attached hydrogens (tertiary/aromatic N) is 1. The maximum absolute atomic E-state index is 8.55. The summed E-state index contributed by atoms with van der Waals surface area (Å²) in [5, 5.41) is 11.9. The molecule has 0 saturated carbocycles. The lowest BCUT2D eigenvalue weighted by Crippen LogP contribution is -1.91. The first-order valence-corrected chi connectivity index (χ1v) is 5.37. The van der Waals surface area contributed by atoms with E-state index in [4.69, 9.17) is 5.26 Å². The van der Waals surface area contributed by atoms with E-state index in [0.717, 1.165) is 16.9 Å². The molecule has 1 N–H and O–H groups in total. The molecule has 0 saturated heterocycles. The van der Waals surface area contributed by atoms with E-state index in [1.807, 2.05) is 60.7 Å². The van der Waals surface area contributed by atoms with E-state index in [9.17, 15) is 0 Å². The normalized spacial score (nSPS) is 10.1. The molecular formula is C15H12N2. The van der Waals surface area contributed by atoms with Crippen LogP contribution >= 0.6 is 0 Å². The van der Waals surface area contributed by atoms with Crippen molar-refractivity contribution in [1.29, 1.82) is 5.26 Å². The van der Waals surface area contributed by atoms with Gasteiger partial charge in [0.1, 0.15) is 0 Å². The molecule has 2 rings (SSSR count). The molecular weight excluding hydrogens is 208 g/mol. The van der Waals surface area contributed by atoms with Crippen LogP contribution in [0.3, 0.4) is 0 Å². The number of nitriles is 1. The Kier molecular flexibility index (Phi) is 3.57. The molecule has 0 fully saturated rings. The molecule has 2 aromatic carbocycles. The fourth-order valence-corrected chi connectivity index (χ4v) is 1.56. The zero-order valence-electron chi connectivity index (χ0n) is 9.30. The van der Waals surface area contributed by atoms with E-state index in [1.165, 1.54) is 6.08 Å². The molecule has 82 valence electrons. The maximum Gasteiger partial charge on any atom is 0.0912 e. The van der Waals surface area contributed by atoms with Crippen molar-refractivity contribution < 1.29 is 0 Å². The molecule has 0 atom stereocenters. The Bertz CT molecular complexity index is 551. The molecule has 2 nitrogen and oxygen atoms in total. The zero-order valence-corrected chi connectivity index (χ0v) is 9.30. The van der Waals surface area contributed by atoms with Crippen LogP contribution in [-0.2, 0) is 0 Å². The number of hydrogen-bond donors (Lipinski definition) is 1. The monoisotopic (exact) mass is 220 g/mol. The highest BCUT2D eigenvalue weighted by molar-refractivity contribution is 5.72. The van der Waals surface area contributed by atoms with Crippen LogP contribution in [0.5, 0.6) is 0 Å². The fraction of sp³-hybridized carbons (Fsp3) is 0. The summed E-state index contributed by atoms with van der Waals surface area (Å²) in [4.78, 5) is 0. The first-order valence-electron chi connectivity index (χ1n) is 5.37. The van der Waals surface area contributed by atoms with Crippen LogP contribution in [0.4, 0.5) is 11.4 Å². The number of nitrogens with one attached hydrogen (secondary N) is 1. The predicted molar refractivity (Wildman–Crippen MR) is 70.8 cm³/mol. The fourth-order valence-electron chi connectivity index (χ4n) is 1.56. The van der Waals surface area contributed by atoms with Gasteiger partial charge in [-0.15, -0.1) is 0 Å². The summed E-state index contributed by atoms with van der Waals surface area (Å²) in [5.41, 5.74) is 3.02. The highest BCUT2D eigenvalue weighted by Gasteiger charge is 1.98. The molecule has 0 unspecified atom stereocenters. The van der Waals surface area contributed by atoms with E-state index in [2.05, 4.69) is 5.32 Å². The Morgan fingerprint density at radius 1 is 0.941 bits per heavy atom. The lowest BCUT2D eigenvalue weighted by Gasteiger charge is -2.09. The Morgan fingerprint density at radius 3 is 2.41 bits per heavy atom. The summed E-state index contributed by atoms with van der Waals surface area (Å²) in [7, 11) is 0. The number of allylic oxidation sites excluding steroid dienone is 1. The summed E-state index contributed by atoms with van der Waals surface area (Å²) < 4.78 is 0. The predicted octanol–water partition coefficient (Wildman–Crippen LogP) is 3.97. The van der Waals surface area contributed by atoms with Crippen molar-refractivity contribution in [3.8, 4) is 6.07 Å². The van der Waals surface area contributed by atoms with Gasteiger partial charge in [0.05, 0.1) is 6.07 Å².